The highest BCUT2D eigenvalue weighted by atomic mass is 32.1. The van der Waals surface area contributed by atoms with Gasteiger partial charge in [0.25, 0.3) is 0 Å². The molecule has 1 aliphatic heterocycles. The minimum atomic E-state index is -0.685. The molecule has 18 heavy (non-hydrogen) atoms. The number of aromatic nitrogens is 1. The third kappa shape index (κ3) is 2.30. The van der Waals surface area contributed by atoms with Crippen molar-refractivity contribution in [3.63, 3.8) is 0 Å². The van der Waals surface area contributed by atoms with Gasteiger partial charge in [0.05, 0.1) is 24.3 Å². The number of piperazine rings is 1. The lowest BCUT2D eigenvalue weighted by molar-refractivity contribution is -0.153. The summed E-state index contributed by atoms with van der Waals surface area (Å²) in [6.45, 7) is 7.97. The van der Waals surface area contributed by atoms with Crippen molar-refractivity contribution >= 4 is 23.2 Å². The van der Waals surface area contributed by atoms with E-state index in [2.05, 4.69) is 10.3 Å². The van der Waals surface area contributed by atoms with E-state index in [0.29, 0.717) is 0 Å². The smallest absolute Gasteiger partial charge is 0.249 e. The number of carbonyl (C=O) groups is 2. The summed E-state index contributed by atoms with van der Waals surface area (Å²) in [5.74, 6) is -0.380. The van der Waals surface area contributed by atoms with Gasteiger partial charge in [0.1, 0.15) is 5.01 Å². The summed E-state index contributed by atoms with van der Waals surface area (Å²) in [6, 6.07) is 0. The molecule has 2 rings (SSSR count). The van der Waals surface area contributed by atoms with E-state index in [4.69, 9.17) is 0 Å². The average Bonchev–Trinajstić information content (AvgIpc) is 2.60. The van der Waals surface area contributed by atoms with Gasteiger partial charge in [0, 0.05) is 4.88 Å². The molecule has 0 aliphatic carbocycles. The number of aryl methyl sites for hydroxylation is 2. The first kappa shape index (κ1) is 13.2. The van der Waals surface area contributed by atoms with Gasteiger partial charge in [-0.05, 0) is 27.7 Å². The lowest BCUT2D eigenvalue weighted by Crippen LogP contribution is -2.63. The molecular weight excluding hydrogens is 250 g/mol. The zero-order valence-corrected chi connectivity index (χ0v) is 11.8. The van der Waals surface area contributed by atoms with E-state index in [1.165, 1.54) is 16.2 Å². The van der Waals surface area contributed by atoms with E-state index in [-0.39, 0.29) is 24.9 Å². The summed E-state index contributed by atoms with van der Waals surface area (Å²) in [7, 11) is 0. The van der Waals surface area contributed by atoms with E-state index >= 15 is 0 Å². The van der Waals surface area contributed by atoms with Crippen LogP contribution in [-0.4, -0.2) is 33.8 Å². The van der Waals surface area contributed by atoms with Crippen LogP contribution in [0.3, 0.4) is 0 Å². The Balaban J connectivity index is 2.21. The molecule has 1 aromatic heterocycles. The summed E-state index contributed by atoms with van der Waals surface area (Å²) in [5.41, 5.74) is 0.277. The van der Waals surface area contributed by atoms with Crippen LogP contribution < -0.4 is 5.32 Å². The molecule has 5 nitrogen and oxygen atoms in total. The minimum absolute atomic E-state index is 0.190. The Morgan fingerprint density at radius 2 is 2.06 bits per heavy atom. The maximum absolute atomic E-state index is 12.2. The first-order chi connectivity index (χ1) is 8.31. The molecule has 0 atom stereocenters. The Labute approximate surface area is 110 Å². The van der Waals surface area contributed by atoms with Crippen LogP contribution in [0.15, 0.2) is 0 Å². The summed E-state index contributed by atoms with van der Waals surface area (Å²) in [6.07, 6.45) is 0. The lowest BCUT2D eigenvalue weighted by atomic mass is 10.0. The zero-order chi connectivity index (χ0) is 13.5. The van der Waals surface area contributed by atoms with Crippen molar-refractivity contribution in [2.75, 3.05) is 6.54 Å². The van der Waals surface area contributed by atoms with E-state index in [0.717, 1.165) is 15.6 Å². The molecule has 1 aliphatic rings. The predicted molar refractivity (Wildman–Crippen MR) is 69.2 cm³/mol. The van der Waals surface area contributed by atoms with Crippen molar-refractivity contribution in [2.45, 2.75) is 39.8 Å². The van der Waals surface area contributed by atoms with Crippen LogP contribution in [0.2, 0.25) is 0 Å². The van der Waals surface area contributed by atoms with Gasteiger partial charge in [-0.1, -0.05) is 0 Å². The first-order valence-electron chi connectivity index (χ1n) is 5.84. The number of hydrogen-bond acceptors (Lipinski definition) is 5. The third-order valence-corrected chi connectivity index (χ3v) is 4.19. The maximum Gasteiger partial charge on any atom is 0.249 e. The maximum atomic E-state index is 12.2. The normalized spacial score (nSPS) is 19.4. The van der Waals surface area contributed by atoms with Crippen molar-refractivity contribution in [2.24, 2.45) is 0 Å². The second-order valence-electron chi connectivity index (χ2n) is 5.01. The monoisotopic (exact) mass is 267 g/mol. The Morgan fingerprint density at radius 3 is 2.61 bits per heavy atom. The van der Waals surface area contributed by atoms with Gasteiger partial charge in [-0.15, -0.1) is 11.3 Å². The molecule has 0 unspecified atom stereocenters. The number of carbonyl (C=O) groups excluding carboxylic acids is 2. The molecule has 1 saturated heterocycles. The van der Waals surface area contributed by atoms with Gasteiger partial charge in [-0.25, -0.2) is 4.98 Å². The molecule has 2 heterocycles. The molecule has 1 N–H and O–H groups in total. The van der Waals surface area contributed by atoms with Crippen molar-refractivity contribution < 1.29 is 9.59 Å². The predicted octanol–water partition coefficient (Wildman–Crippen LogP) is 0.997. The van der Waals surface area contributed by atoms with Crippen molar-refractivity contribution in [3.8, 4) is 0 Å². The summed E-state index contributed by atoms with van der Waals surface area (Å²) in [5, 5.41) is 3.74. The van der Waals surface area contributed by atoms with Gasteiger partial charge in [-0.2, -0.15) is 0 Å². The summed E-state index contributed by atoms with van der Waals surface area (Å²) >= 11 is 1.53. The molecule has 98 valence electrons. The molecule has 0 bridgehead atoms. The van der Waals surface area contributed by atoms with Crippen LogP contribution in [0.5, 0.6) is 0 Å². The number of nitrogens with zero attached hydrogens (tertiary/aromatic N) is 2. The van der Waals surface area contributed by atoms with Crippen LogP contribution in [0.25, 0.3) is 0 Å². The van der Waals surface area contributed by atoms with Crippen LogP contribution >= 0.6 is 11.3 Å². The Morgan fingerprint density at radius 1 is 1.39 bits per heavy atom. The second kappa shape index (κ2) is 4.44. The number of rotatable bonds is 2. The highest BCUT2D eigenvalue weighted by Gasteiger charge is 2.40. The van der Waals surface area contributed by atoms with E-state index in [1.807, 2.05) is 13.8 Å². The molecule has 0 spiro atoms. The average molecular weight is 267 g/mol. The Bertz CT molecular complexity index is 488. The fourth-order valence-corrected chi connectivity index (χ4v) is 2.74. The topological polar surface area (TPSA) is 62.3 Å². The Hall–Kier alpha value is -1.27. The molecule has 0 aromatic carbocycles. The summed E-state index contributed by atoms with van der Waals surface area (Å²) < 4.78 is 0. The minimum Gasteiger partial charge on any atom is -0.295 e. The standard InChI is InChI=1S/C12H17N3O2S/c1-7-8(2)18-9(14-7)6-15-10(16)5-13-12(3,4)11(15)17/h13H,5-6H2,1-4H3. The van der Waals surface area contributed by atoms with Crippen LogP contribution in [-0.2, 0) is 16.1 Å². The number of imide groups is 1. The van der Waals surface area contributed by atoms with Gasteiger partial charge < -0.3 is 0 Å². The zero-order valence-electron chi connectivity index (χ0n) is 11.0. The second-order valence-corrected chi connectivity index (χ2v) is 6.30. The van der Waals surface area contributed by atoms with Crippen molar-refractivity contribution in [1.29, 1.82) is 0 Å². The first-order valence-corrected chi connectivity index (χ1v) is 6.65. The van der Waals surface area contributed by atoms with E-state index in [9.17, 15) is 9.59 Å². The van der Waals surface area contributed by atoms with Crippen LogP contribution in [0.4, 0.5) is 0 Å². The fourth-order valence-electron chi connectivity index (χ4n) is 1.82. The van der Waals surface area contributed by atoms with Crippen molar-refractivity contribution in [1.82, 2.24) is 15.2 Å². The largest absolute Gasteiger partial charge is 0.295 e. The van der Waals surface area contributed by atoms with Crippen LogP contribution in [0, 0.1) is 13.8 Å². The molecule has 2 amide bonds. The molecule has 6 heteroatoms. The number of nitrogens with one attached hydrogen (secondary N) is 1. The van der Waals surface area contributed by atoms with Gasteiger partial charge in [-0.3, -0.25) is 19.8 Å². The molecule has 1 fully saturated rings. The number of amides is 2. The van der Waals surface area contributed by atoms with E-state index in [1.54, 1.807) is 13.8 Å². The number of hydrogen-bond donors (Lipinski definition) is 1. The fraction of sp³-hybridized carbons (Fsp3) is 0.583. The third-order valence-electron chi connectivity index (χ3n) is 3.13. The van der Waals surface area contributed by atoms with Gasteiger partial charge in [0.2, 0.25) is 11.8 Å². The highest BCUT2D eigenvalue weighted by molar-refractivity contribution is 7.11. The highest BCUT2D eigenvalue weighted by Crippen LogP contribution is 2.21. The number of thiazole rings is 1. The molecule has 1 aromatic rings. The Kier molecular flexibility index (Phi) is 3.25. The van der Waals surface area contributed by atoms with Gasteiger partial charge in [0.15, 0.2) is 0 Å². The summed E-state index contributed by atoms with van der Waals surface area (Å²) in [4.78, 5) is 30.8. The van der Waals surface area contributed by atoms with E-state index < -0.39 is 5.54 Å². The quantitative estimate of drug-likeness (QED) is 0.812. The molecule has 0 saturated carbocycles. The van der Waals surface area contributed by atoms with Crippen LogP contribution in [0.1, 0.15) is 29.4 Å². The SMILES string of the molecule is Cc1nc(CN2C(=O)CNC(C)(C)C2=O)sc1C. The van der Waals surface area contributed by atoms with Crippen molar-refractivity contribution in [3.05, 3.63) is 15.6 Å². The molecular formula is C12H17N3O2S. The molecule has 0 radical (unpaired) electrons. The lowest BCUT2D eigenvalue weighted by Gasteiger charge is -2.36. The van der Waals surface area contributed by atoms with Gasteiger partial charge >= 0.3 is 0 Å².